The monoisotopic (exact) mass is 394 g/mol. The molecule has 0 aliphatic heterocycles. The molecule has 0 heterocycles. The molecule has 0 unspecified atom stereocenters. The van der Waals surface area contributed by atoms with Gasteiger partial charge in [-0.25, -0.2) is 8.42 Å². The molecule has 0 aromatic heterocycles. The van der Waals surface area contributed by atoms with Crippen LogP contribution in [0.4, 0.5) is 11.4 Å². The molecule has 8 heteroatoms. The highest BCUT2D eigenvalue weighted by atomic mass is 35.5. The van der Waals surface area contributed by atoms with E-state index in [9.17, 15) is 13.2 Å². The van der Waals surface area contributed by atoms with Gasteiger partial charge in [0.15, 0.2) is 0 Å². The van der Waals surface area contributed by atoms with Crippen molar-refractivity contribution in [3.8, 4) is 5.75 Å². The van der Waals surface area contributed by atoms with Gasteiger partial charge in [-0.2, -0.15) is 0 Å². The predicted molar refractivity (Wildman–Crippen MR) is 101 cm³/mol. The minimum atomic E-state index is -3.96. The van der Waals surface area contributed by atoms with Gasteiger partial charge >= 0.3 is 0 Å². The summed E-state index contributed by atoms with van der Waals surface area (Å²) < 4.78 is 33.2. The van der Waals surface area contributed by atoms with E-state index in [1.54, 1.807) is 30.3 Å². The zero-order chi connectivity index (χ0) is 18.7. The van der Waals surface area contributed by atoms with E-state index in [1.807, 2.05) is 0 Å². The molecule has 0 bridgehead atoms. The van der Waals surface area contributed by atoms with E-state index in [1.165, 1.54) is 19.2 Å². The number of benzene rings is 2. The Morgan fingerprint density at radius 2 is 1.92 bits per heavy atom. The maximum atomic E-state index is 12.8. The number of halogens is 1. The van der Waals surface area contributed by atoms with Crippen molar-refractivity contribution in [2.24, 2.45) is 5.92 Å². The molecule has 0 atom stereocenters. The second-order valence-electron chi connectivity index (χ2n) is 6.07. The fourth-order valence-corrected chi connectivity index (χ4v) is 4.14. The van der Waals surface area contributed by atoms with E-state index in [2.05, 4.69) is 10.0 Å². The highest BCUT2D eigenvalue weighted by Gasteiger charge is 2.26. The van der Waals surface area contributed by atoms with Crippen molar-refractivity contribution in [2.75, 3.05) is 17.1 Å². The van der Waals surface area contributed by atoms with Gasteiger partial charge in [-0.15, -0.1) is 0 Å². The lowest BCUT2D eigenvalue weighted by Gasteiger charge is -2.24. The van der Waals surface area contributed by atoms with Crippen LogP contribution in [0.1, 0.15) is 19.3 Å². The number of methoxy groups -OCH3 is 1. The second-order valence-corrected chi connectivity index (χ2v) is 8.13. The fourth-order valence-electron chi connectivity index (χ4n) is 2.62. The van der Waals surface area contributed by atoms with Crippen LogP contribution in [0.2, 0.25) is 5.02 Å². The first-order valence-electron chi connectivity index (χ1n) is 8.17. The number of hydrogen-bond donors (Lipinski definition) is 2. The number of amides is 1. The summed E-state index contributed by atoms with van der Waals surface area (Å²) in [4.78, 5) is 12.0. The Morgan fingerprint density at radius 3 is 2.54 bits per heavy atom. The molecule has 3 rings (SSSR count). The van der Waals surface area contributed by atoms with Gasteiger partial charge in [0.25, 0.3) is 10.0 Å². The first-order chi connectivity index (χ1) is 12.4. The molecule has 2 N–H and O–H groups in total. The van der Waals surface area contributed by atoms with Crippen molar-refractivity contribution in [1.82, 2.24) is 0 Å². The van der Waals surface area contributed by atoms with Gasteiger partial charge in [0, 0.05) is 11.6 Å². The number of rotatable bonds is 6. The molecule has 6 nitrogen and oxygen atoms in total. The van der Waals surface area contributed by atoms with Crippen LogP contribution in [0, 0.1) is 5.92 Å². The molecule has 1 amide bonds. The Kier molecular flexibility index (Phi) is 5.38. The Hall–Kier alpha value is -2.25. The first-order valence-corrected chi connectivity index (χ1v) is 10.0. The quantitative estimate of drug-likeness (QED) is 0.778. The van der Waals surface area contributed by atoms with E-state index < -0.39 is 10.0 Å². The summed E-state index contributed by atoms with van der Waals surface area (Å²) in [5, 5.41) is 3.05. The number of ether oxygens (including phenoxy) is 1. The van der Waals surface area contributed by atoms with Gasteiger partial charge in [0.1, 0.15) is 10.6 Å². The van der Waals surface area contributed by atoms with Gasteiger partial charge in [0.2, 0.25) is 5.91 Å². The number of carbonyl (C=O) groups excluding carboxylic acids is 1. The Morgan fingerprint density at radius 1 is 1.19 bits per heavy atom. The zero-order valence-electron chi connectivity index (χ0n) is 14.2. The zero-order valence-corrected chi connectivity index (χ0v) is 15.7. The Labute approximate surface area is 157 Å². The molecule has 1 saturated carbocycles. The van der Waals surface area contributed by atoms with Crippen LogP contribution in [0.25, 0.3) is 0 Å². The summed E-state index contributed by atoms with van der Waals surface area (Å²) in [6, 6.07) is 11.0. The number of anilines is 2. The number of sulfonamides is 1. The lowest BCUT2D eigenvalue weighted by atomic mass is 9.85. The molecule has 2 aromatic carbocycles. The standard InChI is InChI=1S/C18H19ClN2O4S/c1-25-16-10-9-13(20-18(22)12-5-4-6-12)11-17(16)26(23,24)21-15-8-3-2-7-14(15)19/h2-3,7-12,21H,4-6H2,1H3,(H,20,22). The number of para-hydroxylation sites is 1. The van der Waals surface area contributed by atoms with Crippen molar-refractivity contribution < 1.29 is 17.9 Å². The van der Waals surface area contributed by atoms with E-state index in [4.69, 9.17) is 16.3 Å². The second kappa shape index (κ2) is 7.55. The van der Waals surface area contributed by atoms with Gasteiger partial charge in [-0.05, 0) is 43.2 Å². The maximum Gasteiger partial charge on any atom is 0.265 e. The third kappa shape index (κ3) is 3.94. The van der Waals surface area contributed by atoms with E-state index >= 15 is 0 Å². The normalized spacial score (nSPS) is 14.4. The topological polar surface area (TPSA) is 84.5 Å². The van der Waals surface area contributed by atoms with Crippen molar-refractivity contribution in [3.05, 3.63) is 47.5 Å². The van der Waals surface area contributed by atoms with Gasteiger partial charge in [-0.1, -0.05) is 30.2 Å². The molecule has 0 radical (unpaired) electrons. The number of nitrogens with one attached hydrogen (secondary N) is 2. The van der Waals surface area contributed by atoms with Crippen molar-refractivity contribution in [2.45, 2.75) is 24.2 Å². The fraction of sp³-hybridized carbons (Fsp3) is 0.278. The third-order valence-corrected chi connectivity index (χ3v) is 6.03. The van der Waals surface area contributed by atoms with Crippen molar-refractivity contribution in [1.29, 1.82) is 0 Å². The van der Waals surface area contributed by atoms with Crippen LogP contribution < -0.4 is 14.8 Å². The summed E-state index contributed by atoms with van der Waals surface area (Å²) in [5.74, 6) is 0.0773. The highest BCUT2D eigenvalue weighted by Crippen LogP contribution is 2.32. The van der Waals surface area contributed by atoms with Crippen molar-refractivity contribution >= 4 is 38.9 Å². The molecule has 2 aromatic rings. The van der Waals surface area contributed by atoms with Crippen molar-refractivity contribution in [3.63, 3.8) is 0 Å². The molecule has 0 saturated heterocycles. The van der Waals surface area contributed by atoms with E-state index in [0.717, 1.165) is 19.3 Å². The SMILES string of the molecule is COc1ccc(NC(=O)C2CCC2)cc1S(=O)(=O)Nc1ccccc1Cl. The van der Waals surface area contributed by atoms with Gasteiger partial charge in [0.05, 0.1) is 17.8 Å². The first kappa shape index (κ1) is 18.5. The molecule has 0 spiro atoms. The van der Waals surface area contributed by atoms with Crippen LogP contribution in [0.5, 0.6) is 5.75 Å². The summed E-state index contributed by atoms with van der Waals surface area (Å²) in [6.45, 7) is 0. The summed E-state index contributed by atoms with van der Waals surface area (Å²) in [5.41, 5.74) is 0.669. The molecule has 138 valence electrons. The molecular weight excluding hydrogens is 376 g/mol. The van der Waals surface area contributed by atoms with Crippen LogP contribution >= 0.6 is 11.6 Å². The van der Waals surface area contributed by atoms with Crippen LogP contribution in [0.3, 0.4) is 0 Å². The minimum Gasteiger partial charge on any atom is -0.495 e. The predicted octanol–water partition coefficient (Wildman–Crippen LogP) is 3.89. The molecular formula is C18H19ClN2O4S. The molecule has 1 fully saturated rings. The molecule has 1 aliphatic rings. The summed E-state index contributed by atoms with van der Waals surface area (Å²) in [6.07, 6.45) is 2.77. The molecule has 26 heavy (non-hydrogen) atoms. The summed E-state index contributed by atoms with van der Waals surface area (Å²) >= 11 is 6.03. The third-order valence-electron chi connectivity index (χ3n) is 4.31. The smallest absolute Gasteiger partial charge is 0.265 e. The van der Waals surface area contributed by atoms with Crippen LogP contribution in [-0.2, 0) is 14.8 Å². The Balaban J connectivity index is 1.90. The lowest BCUT2D eigenvalue weighted by Crippen LogP contribution is -2.28. The van der Waals surface area contributed by atoms with Gasteiger partial charge in [-0.3, -0.25) is 9.52 Å². The van der Waals surface area contributed by atoms with E-state index in [-0.39, 0.29) is 33.2 Å². The molecule has 1 aliphatic carbocycles. The average Bonchev–Trinajstić information content (AvgIpc) is 2.55. The largest absolute Gasteiger partial charge is 0.495 e. The highest BCUT2D eigenvalue weighted by molar-refractivity contribution is 7.92. The number of carbonyl (C=O) groups is 1. The van der Waals surface area contributed by atoms with Crippen LogP contribution in [0.15, 0.2) is 47.4 Å². The summed E-state index contributed by atoms with van der Waals surface area (Å²) in [7, 11) is -2.57. The van der Waals surface area contributed by atoms with Crippen LogP contribution in [-0.4, -0.2) is 21.4 Å². The Bertz CT molecular complexity index is 927. The van der Waals surface area contributed by atoms with Gasteiger partial charge < -0.3 is 10.1 Å². The van der Waals surface area contributed by atoms with E-state index in [0.29, 0.717) is 5.69 Å². The maximum absolute atomic E-state index is 12.8. The minimum absolute atomic E-state index is 0.00147. The lowest BCUT2D eigenvalue weighted by molar-refractivity contribution is -0.122. The average molecular weight is 395 g/mol. The number of hydrogen-bond acceptors (Lipinski definition) is 4.